The molecule has 0 bridgehead atoms. The molecule has 0 saturated carbocycles. The number of nitrogens with one attached hydrogen (secondary N) is 2. The van der Waals surface area contributed by atoms with Crippen LogP contribution in [-0.2, 0) is 0 Å². The number of benzene rings is 3. The Labute approximate surface area is 152 Å². The van der Waals surface area contributed by atoms with E-state index >= 15 is 0 Å². The molecule has 0 aliphatic carbocycles. The lowest BCUT2D eigenvalue weighted by Crippen LogP contribution is -2.24. The molecule has 3 aromatic carbocycles. The van der Waals surface area contributed by atoms with Crippen molar-refractivity contribution in [2.24, 2.45) is 5.10 Å². The predicted octanol–water partition coefficient (Wildman–Crippen LogP) is 4.48. The van der Waals surface area contributed by atoms with Crippen molar-refractivity contribution < 1.29 is 5.11 Å². The van der Waals surface area contributed by atoms with Gasteiger partial charge in [0.05, 0.1) is 6.21 Å². The number of phenols is 1. The first-order chi connectivity index (χ1) is 12.0. The zero-order chi connectivity index (χ0) is 17.8. The van der Waals surface area contributed by atoms with Crippen LogP contribution in [0.4, 0.5) is 5.69 Å². The van der Waals surface area contributed by atoms with Gasteiger partial charge in [-0.2, -0.15) is 5.10 Å². The number of anilines is 1. The van der Waals surface area contributed by atoms with E-state index in [4.69, 9.17) is 12.2 Å². The van der Waals surface area contributed by atoms with E-state index in [0.29, 0.717) is 10.7 Å². The summed E-state index contributed by atoms with van der Waals surface area (Å²) in [6.45, 7) is 4.07. The van der Waals surface area contributed by atoms with Crippen molar-refractivity contribution in [3.63, 3.8) is 0 Å². The van der Waals surface area contributed by atoms with Gasteiger partial charge >= 0.3 is 0 Å². The van der Waals surface area contributed by atoms with Crippen LogP contribution < -0.4 is 10.7 Å². The molecule has 0 aliphatic rings. The Balaban J connectivity index is 1.73. The molecule has 126 valence electrons. The minimum Gasteiger partial charge on any atom is -0.507 e. The van der Waals surface area contributed by atoms with Crippen molar-refractivity contribution in [2.45, 2.75) is 13.8 Å². The van der Waals surface area contributed by atoms with Gasteiger partial charge in [-0.25, -0.2) is 0 Å². The van der Waals surface area contributed by atoms with Crippen molar-refractivity contribution in [3.8, 4) is 5.75 Å². The zero-order valence-electron chi connectivity index (χ0n) is 14.1. The Morgan fingerprint density at radius 2 is 1.88 bits per heavy atom. The van der Waals surface area contributed by atoms with Crippen molar-refractivity contribution in [2.75, 3.05) is 5.32 Å². The summed E-state index contributed by atoms with van der Waals surface area (Å²) in [6.07, 6.45) is 1.58. The molecular weight excluding hydrogens is 330 g/mol. The topological polar surface area (TPSA) is 56.7 Å². The highest BCUT2D eigenvalue weighted by Gasteiger charge is 2.04. The highest BCUT2D eigenvalue weighted by Crippen LogP contribution is 2.25. The fourth-order valence-corrected chi connectivity index (χ4v) is 2.84. The molecule has 0 saturated heterocycles. The number of rotatable bonds is 3. The summed E-state index contributed by atoms with van der Waals surface area (Å²) in [4.78, 5) is 0. The number of phenolic OH excluding ortho intramolecular Hbond substituents is 1. The fourth-order valence-electron chi connectivity index (χ4n) is 2.68. The van der Waals surface area contributed by atoms with E-state index in [1.54, 1.807) is 12.3 Å². The molecule has 0 radical (unpaired) electrons. The van der Waals surface area contributed by atoms with E-state index in [0.717, 1.165) is 22.0 Å². The quantitative estimate of drug-likeness (QED) is 0.371. The Bertz CT molecular complexity index is 966. The summed E-state index contributed by atoms with van der Waals surface area (Å²) < 4.78 is 0. The molecule has 0 unspecified atom stereocenters. The van der Waals surface area contributed by atoms with Crippen LogP contribution in [0.3, 0.4) is 0 Å². The SMILES string of the molecule is Cc1ccc(NC(=S)NN=Cc2c(O)ccc3ccccc23)c(C)c1. The van der Waals surface area contributed by atoms with Gasteiger partial charge in [-0.3, -0.25) is 5.43 Å². The fraction of sp³-hybridized carbons (Fsp3) is 0.100. The lowest BCUT2D eigenvalue weighted by atomic mass is 10.0. The normalized spacial score (nSPS) is 11.0. The number of nitrogens with zero attached hydrogens (tertiary/aromatic N) is 1. The van der Waals surface area contributed by atoms with Crippen LogP contribution in [0, 0.1) is 13.8 Å². The van der Waals surface area contributed by atoms with Crippen LogP contribution in [0.15, 0.2) is 59.7 Å². The second kappa shape index (κ2) is 7.32. The maximum atomic E-state index is 10.1. The zero-order valence-corrected chi connectivity index (χ0v) is 14.9. The van der Waals surface area contributed by atoms with Gasteiger partial charge in [0.2, 0.25) is 0 Å². The molecule has 0 aliphatic heterocycles. The van der Waals surface area contributed by atoms with Gasteiger partial charge in [0, 0.05) is 11.3 Å². The van der Waals surface area contributed by atoms with Gasteiger partial charge in [-0.15, -0.1) is 0 Å². The van der Waals surface area contributed by atoms with Crippen LogP contribution in [0.1, 0.15) is 16.7 Å². The minimum absolute atomic E-state index is 0.178. The Morgan fingerprint density at radius 1 is 1.08 bits per heavy atom. The first-order valence-electron chi connectivity index (χ1n) is 7.92. The molecule has 0 heterocycles. The van der Waals surface area contributed by atoms with Crippen LogP contribution in [0.25, 0.3) is 10.8 Å². The maximum Gasteiger partial charge on any atom is 0.191 e. The summed E-state index contributed by atoms with van der Waals surface area (Å²) in [5, 5.41) is 19.7. The third-order valence-electron chi connectivity index (χ3n) is 3.94. The van der Waals surface area contributed by atoms with Crippen molar-refractivity contribution in [3.05, 3.63) is 71.3 Å². The molecule has 25 heavy (non-hydrogen) atoms. The first-order valence-corrected chi connectivity index (χ1v) is 8.33. The van der Waals surface area contributed by atoms with E-state index in [-0.39, 0.29) is 5.75 Å². The summed E-state index contributed by atoms with van der Waals surface area (Å²) in [6, 6.07) is 17.5. The molecule has 0 spiro atoms. The van der Waals surface area contributed by atoms with E-state index < -0.39 is 0 Å². The molecular formula is C20H19N3OS. The highest BCUT2D eigenvalue weighted by molar-refractivity contribution is 7.80. The summed E-state index contributed by atoms with van der Waals surface area (Å²) in [5.74, 6) is 0.178. The number of aromatic hydroxyl groups is 1. The molecule has 3 aromatic rings. The number of aryl methyl sites for hydroxylation is 2. The van der Waals surface area contributed by atoms with E-state index in [1.807, 2.05) is 56.3 Å². The third-order valence-corrected chi connectivity index (χ3v) is 4.13. The minimum atomic E-state index is 0.178. The van der Waals surface area contributed by atoms with E-state index in [2.05, 4.69) is 21.9 Å². The summed E-state index contributed by atoms with van der Waals surface area (Å²) in [7, 11) is 0. The van der Waals surface area contributed by atoms with Crippen LogP contribution in [-0.4, -0.2) is 16.4 Å². The standard InChI is InChI=1S/C20H19N3OS/c1-13-7-9-18(14(2)11-13)22-20(25)23-21-12-17-16-6-4-3-5-15(16)8-10-19(17)24/h3-12,24H,1-2H3,(H2,22,23,25). The first kappa shape index (κ1) is 16.9. The van der Waals surface area contributed by atoms with Crippen LogP contribution in [0.2, 0.25) is 0 Å². The molecule has 0 amide bonds. The van der Waals surface area contributed by atoms with Gasteiger partial charge in [0.25, 0.3) is 0 Å². The average molecular weight is 349 g/mol. The molecule has 3 N–H and O–H groups in total. The highest BCUT2D eigenvalue weighted by atomic mass is 32.1. The molecule has 0 aromatic heterocycles. The number of hydrogen-bond donors (Lipinski definition) is 3. The van der Waals surface area contributed by atoms with Gasteiger partial charge in [0.15, 0.2) is 5.11 Å². The summed E-state index contributed by atoms with van der Waals surface area (Å²) >= 11 is 5.27. The van der Waals surface area contributed by atoms with Crippen molar-refractivity contribution >= 4 is 40.0 Å². The second-order valence-electron chi connectivity index (χ2n) is 5.86. The molecule has 5 heteroatoms. The van der Waals surface area contributed by atoms with Gasteiger partial charge in [-0.05, 0) is 54.5 Å². The Morgan fingerprint density at radius 3 is 2.68 bits per heavy atom. The van der Waals surface area contributed by atoms with E-state index in [9.17, 15) is 5.11 Å². The predicted molar refractivity (Wildman–Crippen MR) is 108 cm³/mol. The number of thiocarbonyl (C=S) groups is 1. The van der Waals surface area contributed by atoms with Gasteiger partial charge in [0.1, 0.15) is 5.75 Å². The average Bonchev–Trinajstić information content (AvgIpc) is 2.59. The molecule has 0 fully saturated rings. The third kappa shape index (κ3) is 3.95. The van der Waals surface area contributed by atoms with E-state index in [1.165, 1.54) is 5.56 Å². The van der Waals surface area contributed by atoms with Crippen molar-refractivity contribution in [1.82, 2.24) is 5.43 Å². The molecule has 4 nitrogen and oxygen atoms in total. The summed E-state index contributed by atoms with van der Waals surface area (Å²) in [5.41, 5.74) is 6.69. The smallest absolute Gasteiger partial charge is 0.191 e. The number of fused-ring (bicyclic) bond motifs is 1. The lowest BCUT2D eigenvalue weighted by Gasteiger charge is -2.10. The lowest BCUT2D eigenvalue weighted by molar-refractivity contribution is 0.475. The van der Waals surface area contributed by atoms with Crippen LogP contribution in [0.5, 0.6) is 5.75 Å². The second-order valence-corrected chi connectivity index (χ2v) is 6.27. The van der Waals surface area contributed by atoms with Crippen molar-refractivity contribution in [1.29, 1.82) is 0 Å². The van der Waals surface area contributed by atoms with Crippen LogP contribution >= 0.6 is 12.2 Å². The Hall–Kier alpha value is -2.92. The number of hydrazone groups is 1. The maximum absolute atomic E-state index is 10.1. The van der Waals surface area contributed by atoms with Gasteiger partial charge < -0.3 is 10.4 Å². The largest absolute Gasteiger partial charge is 0.507 e. The molecule has 0 atom stereocenters. The number of hydrogen-bond acceptors (Lipinski definition) is 3. The van der Waals surface area contributed by atoms with Gasteiger partial charge in [-0.1, -0.05) is 48.0 Å². The Kier molecular flexibility index (Phi) is 4.95. The monoisotopic (exact) mass is 349 g/mol. The molecule has 3 rings (SSSR count).